The van der Waals surface area contributed by atoms with Crippen molar-refractivity contribution in [2.24, 2.45) is 4.99 Å². The van der Waals surface area contributed by atoms with Crippen LogP contribution in [0.1, 0.15) is 13.3 Å². The third-order valence-electron chi connectivity index (χ3n) is 2.00. The fourth-order valence-corrected chi connectivity index (χ4v) is 1.63. The summed E-state index contributed by atoms with van der Waals surface area (Å²) in [5.74, 6) is -0.859. The lowest BCUT2D eigenvalue weighted by Crippen LogP contribution is -2.40. The van der Waals surface area contributed by atoms with Gasteiger partial charge in [-0.3, -0.25) is 14.1 Å². The van der Waals surface area contributed by atoms with Crippen LogP contribution in [-0.2, 0) is 20.2 Å². The zero-order valence-corrected chi connectivity index (χ0v) is 13.1. The summed E-state index contributed by atoms with van der Waals surface area (Å²) >= 11 is 0. The minimum absolute atomic E-state index is 0.132. The van der Waals surface area contributed by atoms with Gasteiger partial charge in [0.2, 0.25) is 0 Å². The molecule has 0 saturated carbocycles. The van der Waals surface area contributed by atoms with Crippen LogP contribution in [0.15, 0.2) is 4.99 Å². The van der Waals surface area contributed by atoms with Gasteiger partial charge in [0.15, 0.2) is 0 Å². The van der Waals surface area contributed by atoms with E-state index in [-0.39, 0.29) is 5.75 Å². The molecule has 10 nitrogen and oxygen atoms in total. The zero-order valence-electron chi connectivity index (χ0n) is 11.5. The van der Waals surface area contributed by atoms with E-state index in [0.29, 0.717) is 6.42 Å². The van der Waals surface area contributed by atoms with Gasteiger partial charge in [-0.15, -0.1) is 0 Å². The largest absolute Gasteiger partial charge is 0.394 e. The van der Waals surface area contributed by atoms with E-state index in [1.165, 1.54) is 0 Å². The summed E-state index contributed by atoms with van der Waals surface area (Å²) in [6.07, 6.45) is 1.29. The van der Waals surface area contributed by atoms with Crippen LogP contribution in [0.4, 0.5) is 0 Å². The Kier molecular flexibility index (Phi) is 11.0. The molecule has 21 heavy (non-hydrogen) atoms. The Labute approximate surface area is 123 Å². The van der Waals surface area contributed by atoms with E-state index in [1.807, 2.05) is 0 Å². The van der Waals surface area contributed by atoms with Crippen LogP contribution in [0.2, 0.25) is 0 Å². The molecule has 0 aliphatic heterocycles. The minimum Gasteiger partial charge on any atom is -0.394 e. The highest BCUT2D eigenvalue weighted by Crippen LogP contribution is 2.07. The summed E-state index contributed by atoms with van der Waals surface area (Å²) in [6.45, 7) is -0.181. The Hall–Kier alpha value is -0.630. The van der Waals surface area contributed by atoms with Gasteiger partial charge >= 0.3 is 0 Å². The van der Waals surface area contributed by atoms with Gasteiger partial charge in [-0.1, -0.05) is 6.92 Å². The Bertz CT molecular complexity index is 485. The predicted octanol–water partition coefficient (Wildman–Crippen LogP) is -2.06. The Morgan fingerprint density at radius 3 is 1.57 bits per heavy atom. The second kappa shape index (κ2) is 10.2. The molecule has 128 valence electrons. The van der Waals surface area contributed by atoms with Crippen molar-refractivity contribution in [3.63, 3.8) is 0 Å². The van der Waals surface area contributed by atoms with Crippen LogP contribution in [0.5, 0.6) is 0 Å². The van der Waals surface area contributed by atoms with E-state index in [4.69, 9.17) is 24.4 Å². The summed E-state index contributed by atoms with van der Waals surface area (Å²) in [5, 5.41) is 26.3. The molecule has 0 rings (SSSR count). The van der Waals surface area contributed by atoms with Crippen molar-refractivity contribution in [1.29, 1.82) is 0 Å². The summed E-state index contributed by atoms with van der Waals surface area (Å²) in [5.41, 5.74) is -1.50. The normalized spacial score (nSPS) is 13.0. The fourth-order valence-electron chi connectivity index (χ4n) is 0.856. The molecule has 0 aromatic heterocycles. The van der Waals surface area contributed by atoms with Crippen molar-refractivity contribution < 1.29 is 41.3 Å². The highest BCUT2D eigenvalue weighted by molar-refractivity contribution is 7.86. The maximum Gasteiger partial charge on any atom is 0.270 e. The average molecular weight is 351 g/mol. The van der Waals surface area contributed by atoms with Crippen LogP contribution in [0.25, 0.3) is 0 Å². The topological polar surface area (TPSA) is 182 Å². The van der Waals surface area contributed by atoms with E-state index in [1.54, 1.807) is 6.92 Å². The Morgan fingerprint density at radius 2 is 1.38 bits per heavy atom. The number of aliphatic imine (C=N–C) groups is 1. The average Bonchev–Trinajstić information content (AvgIpc) is 2.33. The van der Waals surface area contributed by atoms with Gasteiger partial charge in [-0.2, -0.15) is 16.8 Å². The van der Waals surface area contributed by atoms with Crippen LogP contribution in [0.3, 0.4) is 0 Å². The van der Waals surface area contributed by atoms with Gasteiger partial charge in [0, 0.05) is 6.21 Å². The van der Waals surface area contributed by atoms with Gasteiger partial charge in [-0.05, 0) is 6.42 Å². The molecule has 0 heterocycles. The van der Waals surface area contributed by atoms with Crippen molar-refractivity contribution in [2.75, 3.05) is 31.3 Å². The molecule has 0 aliphatic rings. The van der Waals surface area contributed by atoms with Gasteiger partial charge in [-0.25, -0.2) is 0 Å². The second-order valence-corrected chi connectivity index (χ2v) is 7.11. The molecule has 0 aromatic rings. The van der Waals surface area contributed by atoms with Gasteiger partial charge in [0.25, 0.3) is 20.2 Å². The van der Waals surface area contributed by atoms with Crippen LogP contribution in [-0.4, -0.2) is 84.3 Å². The van der Waals surface area contributed by atoms with E-state index in [2.05, 4.69) is 4.99 Å². The van der Waals surface area contributed by atoms with Crippen molar-refractivity contribution in [1.82, 2.24) is 0 Å². The maximum absolute atomic E-state index is 10.3. The first kappa shape index (κ1) is 22.6. The maximum atomic E-state index is 10.3. The fraction of sp³-hybridized carbons (Fsp3) is 0.889. The summed E-state index contributed by atoms with van der Waals surface area (Å²) in [6, 6.07) is 0. The summed E-state index contributed by atoms with van der Waals surface area (Å²) < 4.78 is 56.4. The third-order valence-corrected chi connectivity index (χ3v) is 3.49. The number of nitrogens with zero attached hydrogens (tertiary/aromatic N) is 1. The number of rotatable bonds is 8. The molecule has 5 N–H and O–H groups in total. The number of aliphatic hydroxyl groups is 3. The molecule has 0 fully saturated rings. The number of hydrogen-bond acceptors (Lipinski definition) is 8. The van der Waals surface area contributed by atoms with E-state index >= 15 is 0 Å². The molecule has 0 aromatic carbocycles. The van der Waals surface area contributed by atoms with Crippen LogP contribution in [0, 0.1) is 0 Å². The van der Waals surface area contributed by atoms with Gasteiger partial charge in [0.1, 0.15) is 11.3 Å². The molecule has 12 heteroatoms. The third kappa shape index (κ3) is 14.1. The number of aliphatic hydroxyl groups excluding tert-OH is 3. The minimum atomic E-state index is -4.17. The first-order valence-electron chi connectivity index (χ1n) is 5.72. The predicted molar refractivity (Wildman–Crippen MR) is 75.6 cm³/mol. The second-order valence-electron chi connectivity index (χ2n) is 4.04. The Balaban J connectivity index is 0. The molecule has 0 radical (unpaired) electrons. The lowest BCUT2D eigenvalue weighted by molar-refractivity contribution is 0.0718. The summed E-state index contributed by atoms with van der Waals surface area (Å²) in [7, 11) is -7.84. The first-order chi connectivity index (χ1) is 9.45. The van der Waals surface area contributed by atoms with E-state index in [9.17, 15) is 16.8 Å². The van der Waals surface area contributed by atoms with E-state index < -0.39 is 51.3 Å². The molecule has 0 atom stereocenters. The van der Waals surface area contributed by atoms with Crippen molar-refractivity contribution >= 4 is 26.5 Å². The smallest absolute Gasteiger partial charge is 0.270 e. The van der Waals surface area contributed by atoms with E-state index in [0.717, 1.165) is 6.21 Å². The molecule has 0 aliphatic carbocycles. The van der Waals surface area contributed by atoms with Crippen LogP contribution >= 0.6 is 0 Å². The highest BCUT2D eigenvalue weighted by atomic mass is 32.2. The lowest BCUT2D eigenvalue weighted by atomic mass is 10.1. The van der Waals surface area contributed by atoms with Gasteiger partial charge in [0.05, 0.1) is 25.6 Å². The molecular weight excluding hydrogens is 330 g/mol. The monoisotopic (exact) mass is 351 g/mol. The quantitative estimate of drug-likeness (QED) is 0.242. The molecule has 0 amide bonds. The first-order valence-corrected chi connectivity index (χ1v) is 8.93. The lowest BCUT2D eigenvalue weighted by Gasteiger charge is -2.21. The van der Waals surface area contributed by atoms with Crippen molar-refractivity contribution in [3.05, 3.63) is 0 Å². The Morgan fingerprint density at radius 1 is 0.952 bits per heavy atom. The zero-order chi connectivity index (χ0) is 17.2. The standard InChI is InChI=1S/C6H13NO6S.C3H8O3S/c8-3-6(4-9,5-10)7-1-2-14(11,12)13;1-2-3-7(4,5)6/h1,8-10H,2-5H2,(H,11,12,13);2-3H2,1H3,(H,4,5,6). The number of hydrogen-bond donors (Lipinski definition) is 5. The van der Waals surface area contributed by atoms with Crippen molar-refractivity contribution in [2.45, 2.75) is 18.9 Å². The molecule has 0 unspecified atom stereocenters. The van der Waals surface area contributed by atoms with Gasteiger partial charge < -0.3 is 15.3 Å². The highest BCUT2D eigenvalue weighted by Gasteiger charge is 2.26. The molecular formula is C9H21NO9S2. The van der Waals surface area contributed by atoms with Crippen LogP contribution < -0.4 is 0 Å². The summed E-state index contributed by atoms with van der Waals surface area (Å²) in [4.78, 5) is 3.48. The molecule has 0 bridgehead atoms. The van der Waals surface area contributed by atoms with Crippen molar-refractivity contribution in [3.8, 4) is 0 Å². The molecule has 0 spiro atoms. The SMILES string of the molecule is CCCS(=O)(=O)O.O=S(=O)(O)CC=NC(CO)(CO)CO. The molecule has 0 saturated heterocycles.